The Hall–Kier alpha value is -1.09. The Balaban J connectivity index is 2.50. The van der Waals surface area contributed by atoms with E-state index in [0.29, 0.717) is 0 Å². The molecule has 1 aromatic heterocycles. The molecule has 1 unspecified atom stereocenters. The van der Waals surface area contributed by atoms with Gasteiger partial charge in [-0.2, -0.15) is 0 Å². The van der Waals surface area contributed by atoms with Crippen molar-refractivity contribution in [1.29, 1.82) is 0 Å². The molecule has 0 saturated heterocycles. The zero-order valence-electron chi connectivity index (χ0n) is 10.5. The summed E-state index contributed by atoms with van der Waals surface area (Å²) in [7, 11) is 0. The summed E-state index contributed by atoms with van der Waals surface area (Å²) in [6.07, 6.45) is 4.19. The first-order valence-electron chi connectivity index (χ1n) is 6.08. The van der Waals surface area contributed by atoms with Gasteiger partial charge in [-0.25, -0.2) is 4.98 Å². The average Bonchev–Trinajstić information content (AvgIpc) is 2.30. The fourth-order valence-electron chi connectivity index (χ4n) is 1.32. The predicted molar refractivity (Wildman–Crippen MR) is 66.6 cm³/mol. The monoisotopic (exact) mass is 222 g/mol. The lowest BCUT2D eigenvalue weighted by molar-refractivity contribution is 0.208. The maximum atomic E-state index is 5.67. The molecule has 1 aromatic rings. The molecule has 1 atom stereocenters. The number of rotatable bonds is 7. The largest absolute Gasteiger partial charge is 0.475 e. The van der Waals surface area contributed by atoms with Gasteiger partial charge in [-0.1, -0.05) is 13.8 Å². The van der Waals surface area contributed by atoms with Crippen LogP contribution in [0.2, 0.25) is 0 Å². The third kappa shape index (κ3) is 4.62. The van der Waals surface area contributed by atoms with Gasteiger partial charge < -0.3 is 10.1 Å². The zero-order chi connectivity index (χ0) is 11.8. The van der Waals surface area contributed by atoms with Crippen LogP contribution in [0.4, 0.5) is 0 Å². The Kier molecular flexibility index (Phi) is 5.86. The third-order valence-corrected chi connectivity index (χ3v) is 2.45. The summed E-state index contributed by atoms with van der Waals surface area (Å²) in [5, 5.41) is 3.36. The minimum Gasteiger partial charge on any atom is -0.475 e. The van der Waals surface area contributed by atoms with E-state index in [4.69, 9.17) is 4.74 Å². The number of ether oxygens (including phenoxy) is 1. The van der Waals surface area contributed by atoms with Crippen LogP contribution in [0.3, 0.4) is 0 Å². The lowest BCUT2D eigenvalue weighted by Crippen LogP contribution is -2.14. The van der Waals surface area contributed by atoms with E-state index in [-0.39, 0.29) is 6.10 Å². The Morgan fingerprint density at radius 1 is 1.44 bits per heavy atom. The van der Waals surface area contributed by atoms with Crippen LogP contribution in [0.5, 0.6) is 5.88 Å². The molecule has 16 heavy (non-hydrogen) atoms. The quantitative estimate of drug-likeness (QED) is 0.720. The van der Waals surface area contributed by atoms with E-state index >= 15 is 0 Å². The van der Waals surface area contributed by atoms with E-state index in [0.717, 1.165) is 31.8 Å². The number of aromatic nitrogens is 1. The van der Waals surface area contributed by atoms with Crippen LogP contribution < -0.4 is 10.1 Å². The summed E-state index contributed by atoms with van der Waals surface area (Å²) < 4.78 is 5.67. The average molecular weight is 222 g/mol. The molecule has 3 heteroatoms. The second-order valence-electron chi connectivity index (χ2n) is 4.02. The Labute approximate surface area is 98.2 Å². The summed E-state index contributed by atoms with van der Waals surface area (Å²) in [4.78, 5) is 4.21. The fraction of sp³-hybridized carbons (Fsp3) is 0.615. The number of hydrogen-bond acceptors (Lipinski definition) is 3. The van der Waals surface area contributed by atoms with Crippen molar-refractivity contribution in [1.82, 2.24) is 10.3 Å². The van der Waals surface area contributed by atoms with E-state index in [1.165, 1.54) is 5.56 Å². The van der Waals surface area contributed by atoms with Crippen LogP contribution in [-0.4, -0.2) is 17.6 Å². The molecule has 1 rings (SSSR count). The second kappa shape index (κ2) is 7.23. The standard InChI is InChI=1S/C13H22N2O/c1-4-7-14-10-12-6-8-15-13(9-12)16-11(3)5-2/h6,8-9,11,14H,4-5,7,10H2,1-3H3. The Morgan fingerprint density at radius 3 is 2.94 bits per heavy atom. The first-order valence-corrected chi connectivity index (χ1v) is 6.08. The normalized spacial score (nSPS) is 12.4. The number of nitrogens with one attached hydrogen (secondary N) is 1. The first kappa shape index (κ1) is 13.0. The molecule has 0 bridgehead atoms. The maximum Gasteiger partial charge on any atom is 0.213 e. The lowest BCUT2D eigenvalue weighted by Gasteiger charge is -2.12. The maximum absolute atomic E-state index is 5.67. The topological polar surface area (TPSA) is 34.2 Å². The predicted octanol–water partition coefficient (Wildman–Crippen LogP) is 2.76. The van der Waals surface area contributed by atoms with Crippen LogP contribution in [0.15, 0.2) is 18.3 Å². The van der Waals surface area contributed by atoms with E-state index in [9.17, 15) is 0 Å². The van der Waals surface area contributed by atoms with Crippen molar-refractivity contribution in [3.8, 4) is 5.88 Å². The fourth-order valence-corrected chi connectivity index (χ4v) is 1.32. The van der Waals surface area contributed by atoms with Crippen LogP contribution in [0, 0.1) is 0 Å². The van der Waals surface area contributed by atoms with Crippen LogP contribution in [-0.2, 0) is 6.54 Å². The smallest absolute Gasteiger partial charge is 0.213 e. The van der Waals surface area contributed by atoms with Gasteiger partial charge in [0.1, 0.15) is 0 Å². The molecule has 90 valence electrons. The minimum atomic E-state index is 0.228. The molecule has 3 nitrogen and oxygen atoms in total. The van der Waals surface area contributed by atoms with Gasteiger partial charge in [-0.3, -0.25) is 0 Å². The van der Waals surface area contributed by atoms with E-state index in [1.807, 2.05) is 12.1 Å². The molecule has 1 N–H and O–H groups in total. The molecule has 0 aliphatic heterocycles. The Morgan fingerprint density at radius 2 is 2.25 bits per heavy atom. The number of hydrogen-bond donors (Lipinski definition) is 1. The molecule has 0 aliphatic rings. The van der Waals surface area contributed by atoms with Crippen molar-refractivity contribution in [2.75, 3.05) is 6.54 Å². The van der Waals surface area contributed by atoms with Crippen LogP contribution in [0.25, 0.3) is 0 Å². The molecule has 0 radical (unpaired) electrons. The summed E-state index contributed by atoms with van der Waals surface area (Å²) in [6.45, 7) is 8.26. The van der Waals surface area contributed by atoms with Gasteiger partial charge in [0.2, 0.25) is 5.88 Å². The van der Waals surface area contributed by atoms with Crippen molar-refractivity contribution < 1.29 is 4.74 Å². The summed E-state index contributed by atoms with van der Waals surface area (Å²) in [5.41, 5.74) is 1.22. The van der Waals surface area contributed by atoms with Crippen LogP contribution >= 0.6 is 0 Å². The molecular weight excluding hydrogens is 200 g/mol. The van der Waals surface area contributed by atoms with E-state index < -0.39 is 0 Å². The highest BCUT2D eigenvalue weighted by Gasteiger charge is 2.02. The molecule has 0 spiro atoms. The molecular formula is C13H22N2O. The van der Waals surface area contributed by atoms with Gasteiger partial charge in [-0.05, 0) is 37.9 Å². The summed E-state index contributed by atoms with van der Waals surface area (Å²) in [5.74, 6) is 0.727. The lowest BCUT2D eigenvalue weighted by atomic mass is 10.2. The number of nitrogens with zero attached hydrogens (tertiary/aromatic N) is 1. The molecule has 1 heterocycles. The third-order valence-electron chi connectivity index (χ3n) is 2.45. The van der Waals surface area contributed by atoms with Gasteiger partial charge in [0.15, 0.2) is 0 Å². The SMILES string of the molecule is CCCNCc1ccnc(OC(C)CC)c1. The molecule has 0 amide bonds. The van der Waals surface area contributed by atoms with Crippen molar-refractivity contribution in [3.05, 3.63) is 23.9 Å². The summed E-state index contributed by atoms with van der Waals surface area (Å²) >= 11 is 0. The van der Waals surface area contributed by atoms with E-state index in [1.54, 1.807) is 6.20 Å². The molecule has 0 saturated carbocycles. The van der Waals surface area contributed by atoms with Gasteiger partial charge in [0.25, 0.3) is 0 Å². The molecule has 0 aliphatic carbocycles. The van der Waals surface area contributed by atoms with Crippen LogP contribution in [0.1, 0.15) is 39.2 Å². The van der Waals surface area contributed by atoms with Gasteiger partial charge in [0.05, 0.1) is 6.10 Å². The first-order chi connectivity index (χ1) is 7.76. The Bertz CT molecular complexity index is 302. The van der Waals surface area contributed by atoms with Gasteiger partial charge in [0, 0.05) is 18.8 Å². The molecule has 0 aromatic carbocycles. The minimum absolute atomic E-state index is 0.228. The summed E-state index contributed by atoms with van der Waals surface area (Å²) in [6, 6.07) is 4.03. The van der Waals surface area contributed by atoms with Gasteiger partial charge in [-0.15, -0.1) is 0 Å². The van der Waals surface area contributed by atoms with Crippen molar-refractivity contribution >= 4 is 0 Å². The highest BCUT2D eigenvalue weighted by molar-refractivity contribution is 5.20. The van der Waals surface area contributed by atoms with Crippen molar-refractivity contribution in [2.45, 2.75) is 46.3 Å². The van der Waals surface area contributed by atoms with Crippen molar-refractivity contribution in [3.63, 3.8) is 0 Å². The highest BCUT2D eigenvalue weighted by atomic mass is 16.5. The highest BCUT2D eigenvalue weighted by Crippen LogP contribution is 2.12. The van der Waals surface area contributed by atoms with Gasteiger partial charge >= 0.3 is 0 Å². The van der Waals surface area contributed by atoms with E-state index in [2.05, 4.69) is 31.1 Å². The zero-order valence-corrected chi connectivity index (χ0v) is 10.5. The second-order valence-corrected chi connectivity index (χ2v) is 4.02. The van der Waals surface area contributed by atoms with Crippen molar-refractivity contribution in [2.24, 2.45) is 0 Å². The number of pyridine rings is 1. The molecule has 0 fully saturated rings.